The summed E-state index contributed by atoms with van der Waals surface area (Å²) >= 11 is 1.77. The molecule has 2 rings (SSSR count). The molecule has 0 aliphatic rings. The highest BCUT2D eigenvalue weighted by Gasteiger charge is 2.07. The molecule has 1 N–H and O–H groups in total. The van der Waals surface area contributed by atoms with E-state index in [-0.39, 0.29) is 0 Å². The second-order valence-corrected chi connectivity index (χ2v) is 5.30. The van der Waals surface area contributed by atoms with Crippen LogP contribution in [0.3, 0.4) is 0 Å². The number of aromatic nitrogens is 2. The SMILES string of the molecule is CCNCc1ccccc1Sc1cc(C)nn1C. The molecule has 96 valence electrons. The molecule has 0 spiro atoms. The number of hydrogen-bond donors (Lipinski definition) is 1. The van der Waals surface area contributed by atoms with Crippen LogP contribution in [-0.4, -0.2) is 16.3 Å². The lowest BCUT2D eigenvalue weighted by atomic mass is 10.2. The second-order valence-electron chi connectivity index (χ2n) is 4.24. The molecule has 0 aliphatic carbocycles. The van der Waals surface area contributed by atoms with E-state index in [0.717, 1.165) is 18.8 Å². The highest BCUT2D eigenvalue weighted by molar-refractivity contribution is 7.99. The Bertz CT molecular complexity index is 520. The third kappa shape index (κ3) is 3.15. The fourth-order valence-corrected chi connectivity index (χ4v) is 2.85. The van der Waals surface area contributed by atoms with E-state index in [1.165, 1.54) is 15.5 Å². The molecule has 0 fully saturated rings. The van der Waals surface area contributed by atoms with Gasteiger partial charge in [-0.15, -0.1) is 0 Å². The minimum Gasteiger partial charge on any atom is -0.313 e. The molecule has 18 heavy (non-hydrogen) atoms. The number of hydrogen-bond acceptors (Lipinski definition) is 3. The number of benzene rings is 1. The van der Waals surface area contributed by atoms with Crippen LogP contribution in [0, 0.1) is 6.92 Å². The van der Waals surface area contributed by atoms with Gasteiger partial charge in [-0.3, -0.25) is 4.68 Å². The summed E-state index contributed by atoms with van der Waals surface area (Å²) in [7, 11) is 1.99. The van der Waals surface area contributed by atoms with Crippen molar-refractivity contribution in [2.45, 2.75) is 30.3 Å². The van der Waals surface area contributed by atoms with Crippen molar-refractivity contribution in [1.29, 1.82) is 0 Å². The van der Waals surface area contributed by atoms with E-state index in [1.54, 1.807) is 11.8 Å². The van der Waals surface area contributed by atoms with E-state index in [1.807, 2.05) is 18.7 Å². The fraction of sp³-hybridized carbons (Fsp3) is 0.357. The first kappa shape index (κ1) is 13.2. The summed E-state index contributed by atoms with van der Waals surface area (Å²) in [5.74, 6) is 0. The van der Waals surface area contributed by atoms with Gasteiger partial charge in [-0.05, 0) is 31.2 Å². The molecule has 0 bridgehead atoms. The standard InChI is InChI=1S/C14H19N3S/c1-4-15-10-12-7-5-6-8-13(12)18-14-9-11(2)16-17(14)3/h5-9,15H,4,10H2,1-3H3. The van der Waals surface area contributed by atoms with Crippen LogP contribution >= 0.6 is 11.8 Å². The largest absolute Gasteiger partial charge is 0.313 e. The van der Waals surface area contributed by atoms with Crippen molar-refractivity contribution in [3.8, 4) is 0 Å². The summed E-state index contributed by atoms with van der Waals surface area (Å²) in [6, 6.07) is 10.6. The number of rotatable bonds is 5. The minimum atomic E-state index is 0.913. The van der Waals surface area contributed by atoms with Crippen LogP contribution in [-0.2, 0) is 13.6 Å². The van der Waals surface area contributed by atoms with E-state index in [0.29, 0.717) is 0 Å². The molecule has 0 radical (unpaired) electrons. The monoisotopic (exact) mass is 261 g/mol. The lowest BCUT2D eigenvalue weighted by molar-refractivity contribution is 0.691. The highest BCUT2D eigenvalue weighted by atomic mass is 32.2. The van der Waals surface area contributed by atoms with Crippen LogP contribution in [0.25, 0.3) is 0 Å². The Morgan fingerprint density at radius 2 is 2.11 bits per heavy atom. The third-order valence-corrected chi connectivity index (χ3v) is 3.92. The topological polar surface area (TPSA) is 29.9 Å². The van der Waals surface area contributed by atoms with Gasteiger partial charge in [-0.1, -0.05) is 36.9 Å². The van der Waals surface area contributed by atoms with Crippen molar-refractivity contribution in [2.24, 2.45) is 7.05 Å². The van der Waals surface area contributed by atoms with Crippen molar-refractivity contribution in [3.63, 3.8) is 0 Å². The molecule has 1 heterocycles. The molecule has 0 saturated heterocycles. The van der Waals surface area contributed by atoms with Gasteiger partial charge in [-0.25, -0.2) is 0 Å². The van der Waals surface area contributed by atoms with Crippen LogP contribution in [0.4, 0.5) is 0 Å². The third-order valence-electron chi connectivity index (χ3n) is 2.71. The quantitative estimate of drug-likeness (QED) is 0.897. The van der Waals surface area contributed by atoms with Gasteiger partial charge in [0.1, 0.15) is 0 Å². The molecule has 2 aromatic rings. The summed E-state index contributed by atoms with van der Waals surface area (Å²) in [5, 5.41) is 8.93. The Kier molecular flexibility index (Phi) is 4.44. The summed E-state index contributed by atoms with van der Waals surface area (Å²) in [6.45, 7) is 6.05. The van der Waals surface area contributed by atoms with E-state index >= 15 is 0 Å². The molecular weight excluding hydrogens is 242 g/mol. The highest BCUT2D eigenvalue weighted by Crippen LogP contribution is 2.30. The zero-order valence-corrected chi connectivity index (χ0v) is 11.9. The smallest absolute Gasteiger partial charge is 0.0987 e. The van der Waals surface area contributed by atoms with Gasteiger partial charge < -0.3 is 5.32 Å². The molecule has 3 nitrogen and oxygen atoms in total. The second kappa shape index (κ2) is 6.07. The first-order valence-corrected chi connectivity index (χ1v) is 6.99. The maximum atomic E-state index is 4.38. The zero-order chi connectivity index (χ0) is 13.0. The van der Waals surface area contributed by atoms with Crippen LogP contribution < -0.4 is 5.32 Å². The van der Waals surface area contributed by atoms with Gasteiger partial charge in [0.15, 0.2) is 0 Å². The Hall–Kier alpha value is -1.26. The molecule has 4 heteroatoms. The first-order chi connectivity index (χ1) is 8.70. The molecule has 0 unspecified atom stereocenters. The molecule has 0 amide bonds. The molecule has 1 aromatic heterocycles. The van der Waals surface area contributed by atoms with E-state index < -0.39 is 0 Å². The average molecular weight is 261 g/mol. The first-order valence-electron chi connectivity index (χ1n) is 6.18. The normalized spacial score (nSPS) is 10.8. The summed E-state index contributed by atoms with van der Waals surface area (Å²) < 4.78 is 1.93. The van der Waals surface area contributed by atoms with E-state index in [4.69, 9.17) is 0 Å². The average Bonchev–Trinajstić information content (AvgIpc) is 2.67. The summed E-state index contributed by atoms with van der Waals surface area (Å²) in [4.78, 5) is 1.29. The number of nitrogens with one attached hydrogen (secondary N) is 1. The Balaban J connectivity index is 2.20. The maximum absolute atomic E-state index is 4.38. The Labute approximate surface area is 113 Å². The minimum absolute atomic E-state index is 0.913. The van der Waals surface area contributed by atoms with Crippen molar-refractivity contribution in [2.75, 3.05) is 6.54 Å². The van der Waals surface area contributed by atoms with Gasteiger partial charge in [0.2, 0.25) is 0 Å². The van der Waals surface area contributed by atoms with E-state index in [9.17, 15) is 0 Å². The molecular formula is C14H19N3S. The summed E-state index contributed by atoms with van der Waals surface area (Å²) in [6.07, 6.45) is 0. The molecule has 0 aliphatic heterocycles. The van der Waals surface area contributed by atoms with Crippen LogP contribution in [0.2, 0.25) is 0 Å². The van der Waals surface area contributed by atoms with Crippen LogP contribution in [0.1, 0.15) is 18.2 Å². The van der Waals surface area contributed by atoms with Crippen molar-refractivity contribution in [3.05, 3.63) is 41.6 Å². The predicted octanol–water partition coefficient (Wildman–Crippen LogP) is 2.99. The van der Waals surface area contributed by atoms with Gasteiger partial charge >= 0.3 is 0 Å². The van der Waals surface area contributed by atoms with Gasteiger partial charge in [0, 0.05) is 18.5 Å². The zero-order valence-electron chi connectivity index (χ0n) is 11.1. The Morgan fingerprint density at radius 1 is 1.33 bits per heavy atom. The molecule has 0 atom stereocenters. The lowest BCUT2D eigenvalue weighted by Crippen LogP contribution is -2.12. The summed E-state index contributed by atoms with van der Waals surface area (Å²) in [5.41, 5.74) is 2.40. The van der Waals surface area contributed by atoms with Gasteiger partial charge in [0.25, 0.3) is 0 Å². The lowest BCUT2D eigenvalue weighted by Gasteiger charge is -2.09. The van der Waals surface area contributed by atoms with Crippen molar-refractivity contribution < 1.29 is 0 Å². The maximum Gasteiger partial charge on any atom is 0.0987 e. The number of aryl methyl sites for hydroxylation is 2. The fourth-order valence-electron chi connectivity index (χ4n) is 1.80. The predicted molar refractivity (Wildman–Crippen MR) is 75.9 cm³/mol. The van der Waals surface area contributed by atoms with Crippen LogP contribution in [0.15, 0.2) is 40.3 Å². The van der Waals surface area contributed by atoms with Gasteiger partial charge in [-0.2, -0.15) is 5.10 Å². The molecule has 1 aromatic carbocycles. The van der Waals surface area contributed by atoms with Crippen molar-refractivity contribution in [1.82, 2.24) is 15.1 Å². The van der Waals surface area contributed by atoms with Crippen LogP contribution in [0.5, 0.6) is 0 Å². The van der Waals surface area contributed by atoms with Crippen molar-refractivity contribution >= 4 is 11.8 Å². The van der Waals surface area contributed by atoms with E-state index in [2.05, 4.69) is 47.7 Å². The van der Waals surface area contributed by atoms with Gasteiger partial charge in [0.05, 0.1) is 10.7 Å². The molecule has 0 saturated carbocycles. The Morgan fingerprint density at radius 3 is 2.78 bits per heavy atom. The number of nitrogens with zero attached hydrogens (tertiary/aromatic N) is 2.